The van der Waals surface area contributed by atoms with Gasteiger partial charge in [0.05, 0.1) is 23.0 Å². The van der Waals surface area contributed by atoms with Crippen molar-refractivity contribution in [2.75, 3.05) is 13.2 Å². The van der Waals surface area contributed by atoms with Crippen molar-refractivity contribution in [1.82, 2.24) is 0 Å². The lowest BCUT2D eigenvalue weighted by Gasteiger charge is -2.14. The van der Waals surface area contributed by atoms with E-state index in [9.17, 15) is 22.4 Å². The van der Waals surface area contributed by atoms with E-state index in [-0.39, 0.29) is 9.79 Å². The van der Waals surface area contributed by atoms with Crippen molar-refractivity contribution in [3.05, 3.63) is 52.1 Å². The third-order valence-electron chi connectivity index (χ3n) is 5.52. The number of ether oxygens (including phenoxy) is 2. The lowest BCUT2D eigenvalue weighted by Crippen LogP contribution is -2.26. The minimum Gasteiger partial charge on any atom is -0.493 e. The Morgan fingerprint density at radius 3 is 1.29 bits per heavy atom. The molecule has 35 heavy (non-hydrogen) atoms. The van der Waals surface area contributed by atoms with Gasteiger partial charge in [0, 0.05) is 0 Å². The van der Waals surface area contributed by atoms with Crippen LogP contribution in [0.2, 0.25) is 0 Å². The minimum atomic E-state index is -4.67. The second-order valence-corrected chi connectivity index (χ2v) is 12.5. The molecule has 0 atom stereocenters. The van der Waals surface area contributed by atoms with Gasteiger partial charge in [-0.2, -0.15) is 0 Å². The Hall–Kier alpha value is -2.68. The number of aryl methyl sites for hydroxylation is 4. The average Bonchev–Trinajstić information content (AvgIpc) is 2.77. The fraction of sp³-hybridized carbons (Fsp3) is 0.480. The zero-order valence-electron chi connectivity index (χ0n) is 21.2. The first kappa shape index (κ1) is 28.6. The molecular formula is C25H34N2O6S2. The van der Waals surface area contributed by atoms with E-state index in [1.165, 1.54) is 24.3 Å². The number of nitrogens with zero attached hydrogens (tertiary/aromatic N) is 2. The summed E-state index contributed by atoms with van der Waals surface area (Å²) >= 11 is 0. The summed E-state index contributed by atoms with van der Waals surface area (Å²) < 4.78 is 63.5. The van der Waals surface area contributed by atoms with Gasteiger partial charge in [0.15, 0.2) is 0 Å². The Bertz CT molecular complexity index is 1200. The summed E-state index contributed by atoms with van der Waals surface area (Å²) in [4.78, 5) is 2.16. The first-order valence-corrected chi connectivity index (χ1v) is 14.6. The number of benzene rings is 2. The monoisotopic (exact) mass is 522 g/mol. The molecule has 0 radical (unpaired) electrons. The SMILES string of the molecule is CCCCOc1c(C)cc(S(=O)(=O)C(=[N+]=[N-])S(=O)(=O)c2cc(C)c(OCCCC)c(C)c2)cc1C. The smallest absolute Gasteiger partial charge is 0.493 e. The van der Waals surface area contributed by atoms with E-state index < -0.39 is 24.1 Å². The quantitative estimate of drug-likeness (QED) is 0.140. The van der Waals surface area contributed by atoms with Crippen molar-refractivity contribution in [2.45, 2.75) is 77.0 Å². The Morgan fingerprint density at radius 1 is 0.714 bits per heavy atom. The second kappa shape index (κ2) is 11.8. The zero-order valence-corrected chi connectivity index (χ0v) is 22.8. The average molecular weight is 523 g/mol. The van der Waals surface area contributed by atoms with E-state index in [0.29, 0.717) is 47.0 Å². The number of hydrogen-bond acceptors (Lipinski definition) is 6. The molecule has 0 aliphatic carbocycles. The number of rotatable bonds is 10. The fourth-order valence-corrected chi connectivity index (χ4v) is 7.36. The largest absolute Gasteiger partial charge is 0.504 e. The maximum atomic E-state index is 13.3. The highest BCUT2D eigenvalue weighted by Gasteiger charge is 2.44. The maximum absolute atomic E-state index is 13.3. The van der Waals surface area contributed by atoms with Gasteiger partial charge in [0.1, 0.15) is 11.5 Å². The molecule has 8 nitrogen and oxygen atoms in total. The number of sulfone groups is 2. The molecule has 0 N–H and O–H groups in total. The Morgan fingerprint density at radius 2 is 1.03 bits per heavy atom. The van der Waals surface area contributed by atoms with E-state index in [1.54, 1.807) is 27.7 Å². The van der Waals surface area contributed by atoms with Crippen LogP contribution >= 0.6 is 0 Å². The van der Waals surface area contributed by atoms with Gasteiger partial charge in [-0.25, -0.2) is 16.8 Å². The van der Waals surface area contributed by atoms with Gasteiger partial charge in [-0.3, -0.25) is 0 Å². The molecule has 0 saturated carbocycles. The highest BCUT2D eigenvalue weighted by molar-refractivity contribution is 8.31. The van der Waals surface area contributed by atoms with E-state index >= 15 is 0 Å². The molecule has 10 heteroatoms. The number of hydrogen-bond donors (Lipinski definition) is 0. The first-order valence-electron chi connectivity index (χ1n) is 11.6. The lowest BCUT2D eigenvalue weighted by molar-refractivity contribution is 0.00380. The highest BCUT2D eigenvalue weighted by Crippen LogP contribution is 2.31. The normalized spacial score (nSPS) is 11.7. The van der Waals surface area contributed by atoms with Gasteiger partial charge in [-0.05, 0) is 87.1 Å². The van der Waals surface area contributed by atoms with Crippen LogP contribution in [0.15, 0.2) is 34.1 Å². The van der Waals surface area contributed by atoms with Crippen LogP contribution in [-0.4, -0.2) is 39.2 Å². The predicted octanol–water partition coefficient (Wildman–Crippen LogP) is 5.11. The highest BCUT2D eigenvalue weighted by atomic mass is 32.3. The van der Waals surface area contributed by atoms with Gasteiger partial charge in [-0.1, -0.05) is 26.7 Å². The summed E-state index contributed by atoms with van der Waals surface area (Å²) in [5, 5.41) is 0. The molecule has 0 spiro atoms. The van der Waals surface area contributed by atoms with Crippen LogP contribution in [0.5, 0.6) is 11.5 Å². The van der Waals surface area contributed by atoms with Crippen molar-refractivity contribution in [3.63, 3.8) is 0 Å². The molecule has 0 fully saturated rings. The van der Waals surface area contributed by atoms with Crippen LogP contribution in [0.3, 0.4) is 0 Å². The molecule has 2 aromatic carbocycles. The number of unbranched alkanes of at least 4 members (excludes halogenated alkanes) is 2. The van der Waals surface area contributed by atoms with E-state index in [4.69, 9.17) is 9.47 Å². The summed E-state index contributed by atoms with van der Waals surface area (Å²) in [6, 6.07) is 5.30. The molecule has 0 aliphatic rings. The van der Waals surface area contributed by atoms with Crippen LogP contribution < -0.4 is 9.47 Å². The van der Waals surface area contributed by atoms with Crippen LogP contribution in [0.1, 0.15) is 61.8 Å². The Kier molecular flexibility index (Phi) is 9.66. The molecular weight excluding hydrogens is 488 g/mol. The minimum absolute atomic E-state index is 0.292. The van der Waals surface area contributed by atoms with E-state index in [1.807, 2.05) is 13.8 Å². The summed E-state index contributed by atoms with van der Waals surface area (Å²) in [6.07, 6.45) is 3.59. The van der Waals surface area contributed by atoms with E-state index in [2.05, 4.69) is 4.79 Å². The zero-order chi connectivity index (χ0) is 26.4. The summed E-state index contributed by atoms with van der Waals surface area (Å²) in [5.41, 5.74) is 11.7. The van der Waals surface area contributed by atoms with Crippen LogP contribution in [0.25, 0.3) is 5.53 Å². The third kappa shape index (κ3) is 6.31. The first-order chi connectivity index (χ1) is 16.4. The predicted molar refractivity (Wildman–Crippen MR) is 136 cm³/mol. The van der Waals surface area contributed by atoms with Crippen molar-refractivity contribution in [2.24, 2.45) is 0 Å². The summed E-state index contributed by atoms with van der Waals surface area (Å²) in [7, 11) is -9.34. The van der Waals surface area contributed by atoms with Crippen LogP contribution in [0.4, 0.5) is 0 Å². The summed E-state index contributed by atoms with van der Waals surface area (Å²) in [6.45, 7) is 11.8. The standard InChI is InChI=1S/C25H34N2O6S2/c1-7-9-11-32-23-17(3)13-21(14-18(23)4)34(28,29)25(27-26)35(30,31)22-15-19(5)24(20(6)16-22)33-12-10-8-2/h13-16H,7-12H2,1-6H3. The van der Waals surface area contributed by atoms with Crippen molar-refractivity contribution < 1.29 is 31.1 Å². The molecule has 0 bridgehead atoms. The maximum Gasteiger partial charge on any atom is 0.504 e. The molecule has 2 aromatic rings. The van der Waals surface area contributed by atoms with Crippen molar-refractivity contribution in [1.29, 1.82) is 0 Å². The molecule has 0 aromatic heterocycles. The van der Waals surface area contributed by atoms with Crippen molar-refractivity contribution >= 4 is 24.1 Å². The molecule has 0 heterocycles. The second-order valence-electron chi connectivity index (χ2n) is 8.55. The van der Waals surface area contributed by atoms with Gasteiger partial charge in [0.25, 0.3) is 19.7 Å². The van der Waals surface area contributed by atoms with E-state index in [0.717, 1.165) is 25.7 Å². The molecule has 0 aliphatic heterocycles. The third-order valence-corrected chi connectivity index (χ3v) is 9.63. The Labute approximate surface area is 208 Å². The molecule has 0 saturated heterocycles. The van der Waals surface area contributed by atoms with Gasteiger partial charge in [0.2, 0.25) is 0 Å². The molecule has 2 rings (SSSR count). The molecule has 192 valence electrons. The fourth-order valence-electron chi connectivity index (χ4n) is 3.68. The lowest BCUT2D eigenvalue weighted by atomic mass is 10.1. The van der Waals surface area contributed by atoms with Gasteiger partial charge < -0.3 is 15.0 Å². The van der Waals surface area contributed by atoms with Gasteiger partial charge in [-0.15, -0.1) is 4.79 Å². The summed E-state index contributed by atoms with van der Waals surface area (Å²) in [5.74, 6) is 1.10. The Balaban J connectivity index is 2.51. The van der Waals surface area contributed by atoms with Crippen LogP contribution in [-0.2, 0) is 19.7 Å². The molecule has 0 unspecified atom stereocenters. The van der Waals surface area contributed by atoms with Crippen LogP contribution in [0, 0.1) is 27.7 Å². The van der Waals surface area contributed by atoms with Gasteiger partial charge >= 0.3 is 4.38 Å². The topological polar surface area (TPSA) is 123 Å². The molecule has 0 amide bonds. The van der Waals surface area contributed by atoms with Crippen molar-refractivity contribution in [3.8, 4) is 11.5 Å².